The maximum absolute atomic E-state index is 6.04. The number of aliphatic imine (C=N–C) groups is 1. The van der Waals surface area contributed by atoms with Crippen LogP contribution in [0.3, 0.4) is 0 Å². The van der Waals surface area contributed by atoms with Crippen molar-refractivity contribution >= 4 is 17.6 Å². The highest BCUT2D eigenvalue weighted by atomic mass is 32.2. The second-order valence-electron chi connectivity index (χ2n) is 4.66. The van der Waals surface area contributed by atoms with Crippen molar-refractivity contribution in [1.82, 2.24) is 0 Å². The second-order valence-corrected chi connectivity index (χ2v) is 5.57. The minimum atomic E-state index is 0.584. The molecule has 0 heterocycles. The van der Waals surface area contributed by atoms with Crippen molar-refractivity contribution in [2.45, 2.75) is 39.0 Å². The van der Waals surface area contributed by atoms with Gasteiger partial charge in [0.2, 0.25) is 0 Å². The molecule has 0 aromatic rings. The van der Waals surface area contributed by atoms with Crippen molar-refractivity contribution in [3.8, 4) is 0 Å². The number of nitrogens with zero attached hydrogens (tertiary/aromatic N) is 1. The average molecular weight is 228 g/mol. The molecular weight excluding hydrogens is 204 g/mol. The summed E-state index contributed by atoms with van der Waals surface area (Å²) >= 11 is 1.89. The molecule has 0 aromatic heterocycles. The summed E-state index contributed by atoms with van der Waals surface area (Å²) in [6, 6.07) is 0. The minimum Gasteiger partial charge on any atom is -0.387 e. The molecule has 1 saturated carbocycles. The van der Waals surface area contributed by atoms with Gasteiger partial charge in [0.05, 0.1) is 5.84 Å². The quantitative estimate of drug-likeness (QED) is 0.580. The Morgan fingerprint density at radius 2 is 2.07 bits per heavy atom. The third-order valence-electron chi connectivity index (χ3n) is 3.06. The van der Waals surface area contributed by atoms with E-state index in [4.69, 9.17) is 5.73 Å². The summed E-state index contributed by atoms with van der Waals surface area (Å²) in [5.41, 5.74) is 6.04. The lowest BCUT2D eigenvalue weighted by Crippen LogP contribution is -2.26. The van der Waals surface area contributed by atoms with Crippen LogP contribution in [0.25, 0.3) is 0 Å². The fourth-order valence-corrected chi connectivity index (χ4v) is 2.80. The minimum absolute atomic E-state index is 0.584. The molecule has 0 saturated heterocycles. The predicted octanol–water partition coefficient (Wildman–Crippen LogP) is 2.92. The molecule has 0 bridgehead atoms. The van der Waals surface area contributed by atoms with Gasteiger partial charge in [0.1, 0.15) is 0 Å². The highest BCUT2D eigenvalue weighted by Gasteiger charge is 2.16. The molecule has 2 nitrogen and oxygen atoms in total. The van der Waals surface area contributed by atoms with Gasteiger partial charge in [-0.2, -0.15) is 11.8 Å². The third kappa shape index (κ3) is 4.92. The van der Waals surface area contributed by atoms with Crippen molar-refractivity contribution in [1.29, 1.82) is 0 Å². The Kier molecular flexibility index (Phi) is 6.15. The van der Waals surface area contributed by atoms with E-state index in [1.807, 2.05) is 11.8 Å². The molecular formula is C12H24N2S. The zero-order valence-corrected chi connectivity index (χ0v) is 10.9. The van der Waals surface area contributed by atoms with Gasteiger partial charge >= 0.3 is 0 Å². The van der Waals surface area contributed by atoms with E-state index in [-0.39, 0.29) is 0 Å². The number of hydrogen-bond donors (Lipinski definition) is 1. The summed E-state index contributed by atoms with van der Waals surface area (Å²) in [4.78, 5) is 4.55. The van der Waals surface area contributed by atoms with Gasteiger partial charge in [0.15, 0.2) is 0 Å². The second kappa shape index (κ2) is 7.15. The highest BCUT2D eigenvalue weighted by molar-refractivity contribution is 7.98. The van der Waals surface area contributed by atoms with E-state index in [2.05, 4.69) is 18.2 Å². The lowest BCUT2D eigenvalue weighted by molar-refractivity contribution is 0.436. The summed E-state index contributed by atoms with van der Waals surface area (Å²) in [5.74, 6) is 3.34. The Morgan fingerprint density at radius 1 is 1.40 bits per heavy atom. The van der Waals surface area contributed by atoms with Crippen LogP contribution in [0.4, 0.5) is 0 Å². The van der Waals surface area contributed by atoms with Crippen LogP contribution in [-0.4, -0.2) is 24.4 Å². The monoisotopic (exact) mass is 228 g/mol. The first-order valence-corrected chi connectivity index (χ1v) is 7.42. The van der Waals surface area contributed by atoms with Crippen LogP contribution in [-0.2, 0) is 0 Å². The smallest absolute Gasteiger partial charge is 0.0968 e. The number of thioether (sulfide) groups is 1. The molecule has 1 aliphatic rings. The molecule has 1 fully saturated rings. The van der Waals surface area contributed by atoms with Crippen LogP contribution in [0.5, 0.6) is 0 Å². The summed E-state index contributed by atoms with van der Waals surface area (Å²) < 4.78 is 0. The standard InChI is InChI=1S/C12H24N2S/c1-10(9-15-2)8-14-12(13)11-6-4-3-5-7-11/h10-11H,3-9H2,1-2H3,(H2,13,14). The first kappa shape index (κ1) is 12.9. The maximum atomic E-state index is 6.04. The van der Waals surface area contributed by atoms with Crippen LogP contribution in [0.15, 0.2) is 4.99 Å². The van der Waals surface area contributed by atoms with E-state index in [0.29, 0.717) is 11.8 Å². The summed E-state index contributed by atoms with van der Waals surface area (Å²) in [7, 11) is 0. The molecule has 0 radical (unpaired) electrons. The molecule has 1 unspecified atom stereocenters. The molecule has 2 N–H and O–H groups in total. The van der Waals surface area contributed by atoms with Crippen molar-refractivity contribution in [3.05, 3.63) is 0 Å². The van der Waals surface area contributed by atoms with Gasteiger partial charge in [0.25, 0.3) is 0 Å². The van der Waals surface area contributed by atoms with Gasteiger partial charge in [0, 0.05) is 12.5 Å². The van der Waals surface area contributed by atoms with Gasteiger partial charge in [-0.15, -0.1) is 0 Å². The third-order valence-corrected chi connectivity index (χ3v) is 3.96. The molecule has 1 rings (SSSR count). The van der Waals surface area contributed by atoms with Crippen molar-refractivity contribution < 1.29 is 0 Å². The summed E-state index contributed by atoms with van der Waals surface area (Å²) in [6.07, 6.45) is 8.71. The number of nitrogens with two attached hydrogens (primary N) is 1. The van der Waals surface area contributed by atoms with Gasteiger partial charge in [-0.1, -0.05) is 26.2 Å². The molecule has 0 amide bonds. The van der Waals surface area contributed by atoms with Crippen LogP contribution >= 0.6 is 11.8 Å². The van der Waals surface area contributed by atoms with Crippen molar-refractivity contribution in [3.63, 3.8) is 0 Å². The summed E-state index contributed by atoms with van der Waals surface area (Å²) in [6.45, 7) is 3.15. The van der Waals surface area contributed by atoms with Gasteiger partial charge in [-0.3, -0.25) is 4.99 Å². The fraction of sp³-hybridized carbons (Fsp3) is 0.917. The van der Waals surface area contributed by atoms with E-state index in [1.165, 1.54) is 37.9 Å². The molecule has 88 valence electrons. The van der Waals surface area contributed by atoms with Crippen molar-refractivity contribution in [2.24, 2.45) is 22.6 Å². The average Bonchev–Trinajstić information content (AvgIpc) is 2.27. The largest absolute Gasteiger partial charge is 0.387 e. The Morgan fingerprint density at radius 3 is 2.67 bits per heavy atom. The fourth-order valence-electron chi connectivity index (χ4n) is 2.13. The first-order chi connectivity index (χ1) is 7.24. The lowest BCUT2D eigenvalue weighted by Gasteiger charge is -2.21. The van der Waals surface area contributed by atoms with E-state index in [0.717, 1.165) is 12.4 Å². The molecule has 0 aromatic carbocycles. The Balaban J connectivity index is 2.30. The summed E-state index contributed by atoms with van der Waals surface area (Å²) in [5, 5.41) is 0. The van der Waals surface area contributed by atoms with Crippen LogP contribution in [0, 0.1) is 11.8 Å². The molecule has 3 heteroatoms. The van der Waals surface area contributed by atoms with Gasteiger partial charge < -0.3 is 5.73 Å². The number of rotatable bonds is 5. The van der Waals surface area contributed by atoms with Crippen molar-refractivity contribution in [2.75, 3.05) is 18.6 Å². The normalized spacial score (nSPS) is 21.6. The Labute approximate surface area is 98.1 Å². The molecule has 1 aliphatic carbocycles. The van der Waals surface area contributed by atoms with E-state index in [9.17, 15) is 0 Å². The topological polar surface area (TPSA) is 38.4 Å². The highest BCUT2D eigenvalue weighted by Crippen LogP contribution is 2.23. The van der Waals surface area contributed by atoms with Crippen LogP contribution in [0.2, 0.25) is 0 Å². The molecule has 0 aliphatic heterocycles. The zero-order valence-electron chi connectivity index (χ0n) is 10.0. The maximum Gasteiger partial charge on any atom is 0.0968 e. The SMILES string of the molecule is CSCC(C)CN=C(N)C1CCCCC1. The van der Waals surface area contributed by atoms with Crippen LogP contribution < -0.4 is 5.73 Å². The molecule has 15 heavy (non-hydrogen) atoms. The Bertz CT molecular complexity index is 198. The number of amidine groups is 1. The van der Waals surface area contributed by atoms with E-state index < -0.39 is 0 Å². The van der Waals surface area contributed by atoms with Crippen LogP contribution in [0.1, 0.15) is 39.0 Å². The zero-order chi connectivity index (χ0) is 11.1. The van der Waals surface area contributed by atoms with Gasteiger partial charge in [-0.05, 0) is 30.8 Å². The van der Waals surface area contributed by atoms with E-state index in [1.54, 1.807) is 0 Å². The first-order valence-electron chi connectivity index (χ1n) is 6.02. The molecule has 1 atom stereocenters. The lowest BCUT2D eigenvalue weighted by atomic mass is 9.88. The van der Waals surface area contributed by atoms with E-state index >= 15 is 0 Å². The molecule has 0 spiro atoms. The number of hydrogen-bond acceptors (Lipinski definition) is 2. The Hall–Kier alpha value is -0.180. The predicted molar refractivity (Wildman–Crippen MR) is 70.6 cm³/mol. The van der Waals surface area contributed by atoms with Gasteiger partial charge in [-0.25, -0.2) is 0 Å².